The smallest absolute Gasteiger partial charge is 0.193 e. The van der Waals surface area contributed by atoms with E-state index in [1.807, 2.05) is 19.3 Å². The summed E-state index contributed by atoms with van der Waals surface area (Å²) in [4.78, 5) is 11.4. The van der Waals surface area contributed by atoms with Gasteiger partial charge in [0.1, 0.15) is 0 Å². The summed E-state index contributed by atoms with van der Waals surface area (Å²) in [6, 6.07) is 10.5. The average molecular weight is 324 g/mol. The second-order valence-corrected chi connectivity index (χ2v) is 7.07. The summed E-state index contributed by atoms with van der Waals surface area (Å²) in [5.41, 5.74) is 2.40. The molecule has 1 N–H and O–H groups in total. The summed E-state index contributed by atoms with van der Waals surface area (Å²) < 4.78 is 0. The van der Waals surface area contributed by atoms with E-state index in [4.69, 9.17) is 0 Å². The molecular formula is C20H28N4. The number of piperidine rings is 1. The minimum Gasteiger partial charge on any atom is -0.356 e. The minimum absolute atomic E-state index is 0.731. The van der Waals surface area contributed by atoms with E-state index in [-0.39, 0.29) is 0 Å². The first kappa shape index (κ1) is 16.7. The van der Waals surface area contributed by atoms with E-state index in [0.29, 0.717) is 0 Å². The summed E-state index contributed by atoms with van der Waals surface area (Å²) >= 11 is 0. The molecule has 24 heavy (non-hydrogen) atoms. The highest BCUT2D eigenvalue weighted by Gasteiger charge is 2.23. The third kappa shape index (κ3) is 3.86. The molecule has 2 unspecified atom stereocenters. The van der Waals surface area contributed by atoms with Crippen LogP contribution in [0.15, 0.2) is 41.5 Å². The van der Waals surface area contributed by atoms with Gasteiger partial charge < -0.3 is 10.2 Å². The molecule has 4 nitrogen and oxygen atoms in total. The number of hydrogen-bond acceptors (Lipinski definition) is 2. The lowest BCUT2D eigenvalue weighted by Gasteiger charge is -2.37. The Balaban J connectivity index is 1.62. The Morgan fingerprint density at radius 1 is 1.21 bits per heavy atom. The number of pyridine rings is 1. The van der Waals surface area contributed by atoms with Gasteiger partial charge in [0, 0.05) is 38.3 Å². The van der Waals surface area contributed by atoms with Crippen LogP contribution in [0.25, 0.3) is 10.9 Å². The number of nitrogens with one attached hydrogen (secondary N) is 1. The van der Waals surface area contributed by atoms with Crippen LogP contribution >= 0.6 is 0 Å². The molecule has 2 heterocycles. The molecule has 0 amide bonds. The van der Waals surface area contributed by atoms with Crippen molar-refractivity contribution in [2.75, 3.05) is 26.7 Å². The van der Waals surface area contributed by atoms with Gasteiger partial charge in [0.2, 0.25) is 0 Å². The van der Waals surface area contributed by atoms with Gasteiger partial charge in [0.25, 0.3) is 0 Å². The topological polar surface area (TPSA) is 40.5 Å². The van der Waals surface area contributed by atoms with Crippen molar-refractivity contribution in [3.8, 4) is 0 Å². The van der Waals surface area contributed by atoms with Crippen LogP contribution in [0.2, 0.25) is 0 Å². The van der Waals surface area contributed by atoms with Crippen LogP contribution in [0.1, 0.15) is 25.8 Å². The molecule has 4 heteroatoms. The molecule has 1 aromatic heterocycles. The van der Waals surface area contributed by atoms with Crippen LogP contribution in [-0.2, 0) is 6.42 Å². The SMILES string of the molecule is CN=C(NCCc1cccc2cccnc12)N1CC(C)CC(C)C1. The lowest BCUT2D eigenvalue weighted by molar-refractivity contribution is 0.208. The number of hydrogen-bond donors (Lipinski definition) is 1. The molecule has 1 aliphatic rings. The number of para-hydroxylation sites is 1. The number of aliphatic imine (C=N–C) groups is 1. The zero-order valence-electron chi connectivity index (χ0n) is 15.0. The molecule has 1 aliphatic heterocycles. The molecule has 2 aromatic rings. The maximum atomic E-state index is 4.54. The molecule has 0 saturated carbocycles. The maximum absolute atomic E-state index is 4.54. The maximum Gasteiger partial charge on any atom is 0.193 e. The second kappa shape index (κ2) is 7.65. The van der Waals surface area contributed by atoms with Crippen LogP contribution in [-0.4, -0.2) is 42.5 Å². The van der Waals surface area contributed by atoms with Gasteiger partial charge in [-0.1, -0.05) is 38.1 Å². The van der Waals surface area contributed by atoms with Gasteiger partial charge in [-0.05, 0) is 36.3 Å². The zero-order chi connectivity index (χ0) is 16.9. The Kier molecular flexibility index (Phi) is 5.34. The Morgan fingerprint density at radius 3 is 2.71 bits per heavy atom. The second-order valence-electron chi connectivity index (χ2n) is 7.07. The van der Waals surface area contributed by atoms with E-state index in [1.165, 1.54) is 17.4 Å². The highest BCUT2D eigenvalue weighted by Crippen LogP contribution is 2.21. The Hall–Kier alpha value is -2.10. The van der Waals surface area contributed by atoms with Crippen molar-refractivity contribution in [1.82, 2.24) is 15.2 Å². The van der Waals surface area contributed by atoms with Crippen molar-refractivity contribution in [2.45, 2.75) is 26.7 Å². The van der Waals surface area contributed by atoms with Crippen molar-refractivity contribution in [3.63, 3.8) is 0 Å². The van der Waals surface area contributed by atoms with Crippen LogP contribution in [0.5, 0.6) is 0 Å². The van der Waals surface area contributed by atoms with E-state index in [2.05, 4.69) is 58.3 Å². The fraction of sp³-hybridized carbons (Fsp3) is 0.500. The van der Waals surface area contributed by atoms with Gasteiger partial charge in [0.05, 0.1) is 5.52 Å². The largest absolute Gasteiger partial charge is 0.356 e. The van der Waals surface area contributed by atoms with Crippen LogP contribution < -0.4 is 5.32 Å². The van der Waals surface area contributed by atoms with E-state index < -0.39 is 0 Å². The lowest BCUT2D eigenvalue weighted by Crippen LogP contribution is -2.48. The van der Waals surface area contributed by atoms with E-state index in [9.17, 15) is 0 Å². The Bertz CT molecular complexity index is 694. The zero-order valence-corrected chi connectivity index (χ0v) is 15.0. The highest BCUT2D eigenvalue weighted by atomic mass is 15.3. The molecule has 128 valence electrons. The number of rotatable bonds is 3. The van der Waals surface area contributed by atoms with Gasteiger partial charge >= 0.3 is 0 Å². The molecule has 0 aliphatic carbocycles. The molecule has 1 aromatic carbocycles. The van der Waals surface area contributed by atoms with Crippen LogP contribution in [0.4, 0.5) is 0 Å². The normalized spacial score (nSPS) is 22.0. The molecular weight excluding hydrogens is 296 g/mol. The summed E-state index contributed by atoms with van der Waals surface area (Å²) in [7, 11) is 1.88. The molecule has 0 bridgehead atoms. The van der Waals surface area contributed by atoms with Crippen molar-refractivity contribution in [1.29, 1.82) is 0 Å². The van der Waals surface area contributed by atoms with E-state index >= 15 is 0 Å². The lowest BCUT2D eigenvalue weighted by atomic mass is 9.92. The number of guanidine groups is 1. The highest BCUT2D eigenvalue weighted by molar-refractivity contribution is 5.82. The number of likely N-dealkylation sites (tertiary alicyclic amines) is 1. The van der Waals surface area contributed by atoms with Crippen LogP contribution in [0.3, 0.4) is 0 Å². The van der Waals surface area contributed by atoms with Crippen molar-refractivity contribution >= 4 is 16.9 Å². The molecule has 0 spiro atoms. The van der Waals surface area contributed by atoms with Gasteiger partial charge in [-0.15, -0.1) is 0 Å². The molecule has 3 rings (SSSR count). The van der Waals surface area contributed by atoms with E-state index in [0.717, 1.165) is 49.4 Å². The number of fused-ring (bicyclic) bond motifs is 1. The summed E-state index contributed by atoms with van der Waals surface area (Å²) in [6.45, 7) is 7.73. The predicted octanol–water partition coefficient (Wildman–Crippen LogP) is 3.33. The fourth-order valence-electron chi connectivity index (χ4n) is 3.85. The summed E-state index contributed by atoms with van der Waals surface area (Å²) in [5.74, 6) is 2.49. The predicted molar refractivity (Wildman–Crippen MR) is 101 cm³/mol. The standard InChI is InChI=1S/C20H28N4/c1-15-12-16(2)14-24(13-15)20(21-3)23-11-9-18-7-4-6-17-8-5-10-22-19(17)18/h4-8,10,15-16H,9,11-14H2,1-3H3,(H,21,23). The first-order valence-corrected chi connectivity index (χ1v) is 8.95. The average Bonchev–Trinajstić information content (AvgIpc) is 2.58. The van der Waals surface area contributed by atoms with Crippen LogP contribution in [0, 0.1) is 11.8 Å². The van der Waals surface area contributed by atoms with Gasteiger partial charge in [0.15, 0.2) is 5.96 Å². The van der Waals surface area contributed by atoms with Crippen molar-refractivity contribution in [3.05, 3.63) is 42.1 Å². The Labute approximate surface area is 145 Å². The van der Waals surface area contributed by atoms with Crippen molar-refractivity contribution in [2.24, 2.45) is 16.8 Å². The summed E-state index contributed by atoms with van der Waals surface area (Å²) in [5, 5.41) is 4.75. The monoisotopic (exact) mass is 324 g/mol. The number of nitrogens with zero attached hydrogens (tertiary/aromatic N) is 3. The number of aromatic nitrogens is 1. The molecule has 2 atom stereocenters. The minimum atomic E-state index is 0.731. The first-order valence-electron chi connectivity index (χ1n) is 8.95. The Morgan fingerprint density at radius 2 is 1.96 bits per heavy atom. The summed E-state index contributed by atoms with van der Waals surface area (Å²) in [6.07, 6.45) is 4.14. The quantitative estimate of drug-likeness (QED) is 0.695. The first-order chi connectivity index (χ1) is 11.7. The molecule has 0 radical (unpaired) electrons. The molecule has 1 fully saturated rings. The van der Waals surface area contributed by atoms with Crippen molar-refractivity contribution < 1.29 is 0 Å². The third-order valence-corrected chi connectivity index (χ3v) is 4.77. The van der Waals surface area contributed by atoms with Gasteiger partial charge in [-0.25, -0.2) is 0 Å². The molecule has 1 saturated heterocycles. The number of benzene rings is 1. The van der Waals surface area contributed by atoms with Gasteiger partial charge in [-0.2, -0.15) is 0 Å². The van der Waals surface area contributed by atoms with E-state index in [1.54, 1.807) is 0 Å². The fourth-order valence-corrected chi connectivity index (χ4v) is 3.85. The van der Waals surface area contributed by atoms with Gasteiger partial charge in [-0.3, -0.25) is 9.98 Å². The third-order valence-electron chi connectivity index (χ3n) is 4.77.